The molecule has 0 amide bonds. The van der Waals surface area contributed by atoms with Crippen LogP contribution in [0, 0.1) is 0 Å². The number of carbonyl (C=O) groups is 1. The van der Waals surface area contributed by atoms with E-state index in [1.54, 1.807) is 12.1 Å². The molecule has 0 saturated carbocycles. The lowest BCUT2D eigenvalue weighted by Gasteiger charge is -2.03. The molecule has 6 heteroatoms. The van der Waals surface area contributed by atoms with Crippen LogP contribution in [0.4, 0.5) is 22.7 Å². The van der Waals surface area contributed by atoms with E-state index in [1.165, 1.54) is 0 Å². The van der Waals surface area contributed by atoms with E-state index in [0.29, 0.717) is 16.9 Å². The minimum atomic E-state index is 0.137. The van der Waals surface area contributed by atoms with Crippen molar-refractivity contribution in [1.82, 2.24) is 0 Å². The molecular formula is C33H24N4O2. The fraction of sp³-hybridized carbons (Fsp3) is 0. The molecule has 6 nitrogen and oxygen atoms in total. The van der Waals surface area contributed by atoms with Crippen LogP contribution >= 0.6 is 0 Å². The number of phenols is 1. The largest absolute Gasteiger partial charge is 0.506 e. The minimum Gasteiger partial charge on any atom is -0.506 e. The molecule has 0 spiro atoms. The normalized spacial score (nSPS) is 11.1. The van der Waals surface area contributed by atoms with Gasteiger partial charge in [-0.1, -0.05) is 97.1 Å². The van der Waals surface area contributed by atoms with E-state index in [4.69, 9.17) is 0 Å². The van der Waals surface area contributed by atoms with Crippen LogP contribution in [0.1, 0.15) is 10.4 Å². The molecule has 1 N–H and O–H groups in total. The summed E-state index contributed by atoms with van der Waals surface area (Å²) in [5.41, 5.74) is 3.18. The Labute approximate surface area is 225 Å². The third kappa shape index (κ3) is 6.09. The zero-order valence-electron chi connectivity index (χ0n) is 20.9. The van der Waals surface area contributed by atoms with Crippen molar-refractivity contribution in [3.63, 3.8) is 0 Å². The number of phenolic OH excluding ortho intramolecular Hbond substituents is 1. The predicted molar refractivity (Wildman–Crippen MR) is 156 cm³/mol. The van der Waals surface area contributed by atoms with Crippen molar-refractivity contribution in [1.29, 1.82) is 0 Å². The first-order valence-electron chi connectivity index (χ1n) is 12.3. The maximum Gasteiger partial charge on any atom is 0.152 e. The molecule has 0 aromatic heterocycles. The molecule has 0 unspecified atom stereocenters. The third-order valence-corrected chi connectivity index (χ3v) is 5.98. The Kier molecular flexibility index (Phi) is 7.85. The first-order valence-corrected chi connectivity index (χ1v) is 12.3. The number of hydrogen-bond donors (Lipinski definition) is 1. The SMILES string of the molecule is O=Cc1ccc2ccccc2c1N=Nc1ccccc1.Oc1ccc2ccccc2c1N=Nc1ccccc1. The van der Waals surface area contributed by atoms with Crippen LogP contribution in [0.3, 0.4) is 0 Å². The fourth-order valence-corrected chi connectivity index (χ4v) is 4.03. The number of rotatable bonds is 5. The number of aldehydes is 1. The van der Waals surface area contributed by atoms with E-state index in [-0.39, 0.29) is 5.75 Å². The van der Waals surface area contributed by atoms with Crippen molar-refractivity contribution in [2.24, 2.45) is 20.5 Å². The zero-order valence-corrected chi connectivity index (χ0v) is 20.9. The Morgan fingerprint density at radius 2 is 0.923 bits per heavy atom. The van der Waals surface area contributed by atoms with Gasteiger partial charge in [-0.05, 0) is 47.2 Å². The number of azo groups is 2. The van der Waals surface area contributed by atoms with Crippen molar-refractivity contribution in [2.45, 2.75) is 0 Å². The standard InChI is InChI=1S/C17H12N2O.C16H12N2O/c20-12-14-11-10-13-6-4-5-9-16(13)17(14)19-18-15-7-2-1-3-8-15;19-15-11-10-12-6-4-5-9-14(12)16(15)18-17-13-7-2-1-3-8-13/h1-12H;1-11,19H. The average molecular weight is 509 g/mol. The van der Waals surface area contributed by atoms with Crippen LogP contribution in [0.2, 0.25) is 0 Å². The highest BCUT2D eigenvalue weighted by atomic mass is 16.3. The molecule has 188 valence electrons. The first kappa shape index (κ1) is 25.2. The fourth-order valence-electron chi connectivity index (χ4n) is 4.03. The van der Waals surface area contributed by atoms with Crippen LogP contribution in [0.15, 0.2) is 154 Å². The molecule has 6 aromatic rings. The van der Waals surface area contributed by atoms with E-state index in [9.17, 15) is 9.90 Å². The molecule has 0 bridgehead atoms. The van der Waals surface area contributed by atoms with Crippen molar-refractivity contribution >= 4 is 50.6 Å². The van der Waals surface area contributed by atoms with Gasteiger partial charge >= 0.3 is 0 Å². The number of carbonyl (C=O) groups excluding carboxylic acids is 1. The smallest absolute Gasteiger partial charge is 0.152 e. The van der Waals surface area contributed by atoms with Crippen LogP contribution < -0.4 is 0 Å². The Hall–Kier alpha value is -5.49. The maximum atomic E-state index is 11.2. The molecule has 0 radical (unpaired) electrons. The lowest BCUT2D eigenvalue weighted by Crippen LogP contribution is -1.82. The highest BCUT2D eigenvalue weighted by Gasteiger charge is 2.07. The van der Waals surface area contributed by atoms with Gasteiger partial charge in [0.1, 0.15) is 17.1 Å². The summed E-state index contributed by atoms with van der Waals surface area (Å²) >= 11 is 0. The molecular weight excluding hydrogens is 484 g/mol. The van der Waals surface area contributed by atoms with Gasteiger partial charge in [0, 0.05) is 16.3 Å². The van der Waals surface area contributed by atoms with Gasteiger partial charge in [0.25, 0.3) is 0 Å². The number of hydrogen-bond acceptors (Lipinski definition) is 6. The summed E-state index contributed by atoms with van der Waals surface area (Å²) in [6.45, 7) is 0. The van der Waals surface area contributed by atoms with Gasteiger partial charge in [-0.3, -0.25) is 4.79 Å². The second-order valence-corrected chi connectivity index (χ2v) is 8.57. The number of aromatic hydroxyl groups is 1. The predicted octanol–water partition coefficient (Wildman–Crippen LogP) is 10.0. The van der Waals surface area contributed by atoms with Crippen molar-refractivity contribution in [3.05, 3.63) is 139 Å². The molecule has 0 saturated heterocycles. The van der Waals surface area contributed by atoms with E-state index in [0.717, 1.165) is 39.2 Å². The number of fused-ring (bicyclic) bond motifs is 2. The second kappa shape index (κ2) is 12.2. The topological polar surface area (TPSA) is 86.7 Å². The molecule has 0 fully saturated rings. The van der Waals surface area contributed by atoms with E-state index in [2.05, 4.69) is 20.5 Å². The Balaban J connectivity index is 0.000000158. The summed E-state index contributed by atoms with van der Waals surface area (Å²) < 4.78 is 0. The quantitative estimate of drug-likeness (QED) is 0.185. The zero-order chi connectivity index (χ0) is 26.9. The monoisotopic (exact) mass is 508 g/mol. The van der Waals surface area contributed by atoms with Crippen LogP contribution in [-0.4, -0.2) is 11.4 Å². The molecule has 0 aliphatic rings. The number of nitrogens with zero attached hydrogens (tertiary/aromatic N) is 4. The maximum absolute atomic E-state index is 11.2. The molecule has 0 atom stereocenters. The van der Waals surface area contributed by atoms with Crippen LogP contribution in [-0.2, 0) is 0 Å². The van der Waals surface area contributed by atoms with Crippen molar-refractivity contribution < 1.29 is 9.90 Å². The summed E-state index contributed by atoms with van der Waals surface area (Å²) in [6, 6.07) is 41.7. The molecule has 0 heterocycles. The Morgan fingerprint density at radius 1 is 0.462 bits per heavy atom. The summed E-state index contributed by atoms with van der Waals surface area (Å²) in [6.07, 6.45) is 0.811. The highest BCUT2D eigenvalue weighted by Crippen LogP contribution is 2.36. The van der Waals surface area contributed by atoms with Gasteiger partial charge in [0.05, 0.1) is 11.4 Å². The van der Waals surface area contributed by atoms with Gasteiger partial charge < -0.3 is 5.11 Å². The molecule has 0 aliphatic carbocycles. The van der Waals surface area contributed by atoms with Crippen LogP contribution in [0.25, 0.3) is 21.5 Å². The molecule has 6 rings (SSSR count). The third-order valence-electron chi connectivity index (χ3n) is 5.98. The van der Waals surface area contributed by atoms with E-state index < -0.39 is 0 Å². The van der Waals surface area contributed by atoms with Crippen molar-refractivity contribution in [2.75, 3.05) is 0 Å². The van der Waals surface area contributed by atoms with E-state index in [1.807, 2.05) is 121 Å². The van der Waals surface area contributed by atoms with Crippen LogP contribution in [0.5, 0.6) is 5.75 Å². The summed E-state index contributed by atoms with van der Waals surface area (Å²) in [7, 11) is 0. The van der Waals surface area contributed by atoms with Gasteiger partial charge in [0.2, 0.25) is 0 Å². The number of benzene rings is 6. The summed E-state index contributed by atoms with van der Waals surface area (Å²) in [4.78, 5) is 11.2. The summed E-state index contributed by atoms with van der Waals surface area (Å²) in [5, 5.41) is 30.6. The van der Waals surface area contributed by atoms with Crippen molar-refractivity contribution in [3.8, 4) is 5.75 Å². The Bertz CT molecular complexity index is 1780. The van der Waals surface area contributed by atoms with E-state index >= 15 is 0 Å². The highest BCUT2D eigenvalue weighted by molar-refractivity contribution is 6.00. The molecule has 39 heavy (non-hydrogen) atoms. The Morgan fingerprint density at radius 3 is 1.49 bits per heavy atom. The lowest BCUT2D eigenvalue weighted by molar-refractivity contribution is 0.112. The van der Waals surface area contributed by atoms with Gasteiger partial charge in [-0.2, -0.15) is 10.2 Å². The second-order valence-electron chi connectivity index (χ2n) is 8.57. The van der Waals surface area contributed by atoms with Gasteiger partial charge in [0.15, 0.2) is 6.29 Å². The molecule has 0 aliphatic heterocycles. The average Bonchev–Trinajstić information content (AvgIpc) is 3.00. The molecule has 6 aromatic carbocycles. The minimum absolute atomic E-state index is 0.137. The lowest BCUT2D eigenvalue weighted by atomic mass is 10.1. The summed E-state index contributed by atoms with van der Waals surface area (Å²) in [5.74, 6) is 0.137. The first-order chi connectivity index (χ1) is 19.2. The van der Waals surface area contributed by atoms with Gasteiger partial charge in [-0.15, -0.1) is 10.2 Å². The van der Waals surface area contributed by atoms with Gasteiger partial charge in [-0.25, -0.2) is 0 Å².